The molecule has 0 saturated heterocycles. The van der Waals surface area contributed by atoms with E-state index in [4.69, 9.17) is 14.2 Å². The maximum absolute atomic E-state index is 12.7. The molecule has 0 rings (SSSR count). The first-order valence-corrected chi connectivity index (χ1v) is 23.4. The van der Waals surface area contributed by atoms with E-state index in [9.17, 15) is 14.4 Å². The van der Waals surface area contributed by atoms with Crippen LogP contribution in [0.15, 0.2) is 72.9 Å². The summed E-state index contributed by atoms with van der Waals surface area (Å²) >= 11 is 0. The summed E-state index contributed by atoms with van der Waals surface area (Å²) in [7, 11) is 0. The van der Waals surface area contributed by atoms with E-state index in [2.05, 4.69) is 81.5 Å². The minimum atomic E-state index is -0.815. The van der Waals surface area contributed by atoms with Gasteiger partial charge in [-0.05, 0) is 77.0 Å². The van der Waals surface area contributed by atoms with Gasteiger partial charge < -0.3 is 14.2 Å². The van der Waals surface area contributed by atoms with E-state index in [0.717, 1.165) is 89.9 Å². The number of ether oxygens (including phenoxy) is 3. The van der Waals surface area contributed by atoms with Crippen molar-refractivity contribution in [1.82, 2.24) is 0 Å². The first kappa shape index (κ1) is 53.9. The summed E-state index contributed by atoms with van der Waals surface area (Å²) in [5, 5.41) is 0. The van der Waals surface area contributed by atoms with Gasteiger partial charge in [-0.3, -0.25) is 14.4 Å². The van der Waals surface area contributed by atoms with Crippen LogP contribution in [0.3, 0.4) is 0 Å². The number of hydrogen-bond acceptors (Lipinski definition) is 6. The lowest BCUT2D eigenvalue weighted by Crippen LogP contribution is -2.30. The number of hydrogen-bond donors (Lipinski definition) is 0. The van der Waals surface area contributed by atoms with Gasteiger partial charge >= 0.3 is 17.9 Å². The standard InChI is InChI=1S/C51H86O6/c1-4-7-10-13-16-19-22-24-25-27-29-32-35-38-41-44-50(53)56-47-48(46-55-49(52)43-40-37-34-31-28-21-18-15-12-9-6-3)57-51(54)45-42-39-36-33-30-26-23-20-17-14-11-8-5-2/h8,11,16-17,19-20,24-26,30,36,39,48H,4-7,9-10,12-15,18,21-23,27-29,31-35,37-38,40-47H2,1-3H3/b11-8-,19-16-,20-17-,25-24-,30-26-,39-36-. The number of carbonyl (C=O) groups excluding carboxylic acids is 3. The van der Waals surface area contributed by atoms with Crippen molar-refractivity contribution in [3.05, 3.63) is 72.9 Å². The molecule has 0 saturated carbocycles. The molecule has 0 bridgehead atoms. The van der Waals surface area contributed by atoms with Crippen molar-refractivity contribution in [2.24, 2.45) is 0 Å². The number of carbonyl (C=O) groups is 3. The van der Waals surface area contributed by atoms with Crippen LogP contribution in [-0.4, -0.2) is 37.2 Å². The predicted octanol–water partition coefficient (Wildman–Crippen LogP) is 15.1. The molecule has 6 nitrogen and oxygen atoms in total. The van der Waals surface area contributed by atoms with Crippen LogP contribution in [0.25, 0.3) is 0 Å². The molecule has 0 aliphatic heterocycles. The van der Waals surface area contributed by atoms with Gasteiger partial charge in [0.05, 0.1) is 0 Å². The number of allylic oxidation sites excluding steroid dienone is 12. The highest BCUT2D eigenvalue weighted by Gasteiger charge is 2.19. The Morgan fingerprint density at radius 2 is 0.719 bits per heavy atom. The maximum Gasteiger partial charge on any atom is 0.306 e. The molecule has 1 atom stereocenters. The van der Waals surface area contributed by atoms with Crippen LogP contribution >= 0.6 is 0 Å². The molecule has 6 heteroatoms. The van der Waals surface area contributed by atoms with Gasteiger partial charge in [-0.25, -0.2) is 0 Å². The molecule has 0 aromatic rings. The van der Waals surface area contributed by atoms with Crippen LogP contribution < -0.4 is 0 Å². The van der Waals surface area contributed by atoms with Crippen LogP contribution in [0.4, 0.5) is 0 Å². The molecule has 0 aromatic carbocycles. The Morgan fingerprint density at radius 1 is 0.368 bits per heavy atom. The first-order chi connectivity index (χ1) is 28.0. The van der Waals surface area contributed by atoms with Gasteiger partial charge in [0.2, 0.25) is 0 Å². The van der Waals surface area contributed by atoms with Gasteiger partial charge in [-0.15, -0.1) is 0 Å². The fourth-order valence-corrected chi connectivity index (χ4v) is 6.19. The normalized spacial score (nSPS) is 12.7. The van der Waals surface area contributed by atoms with E-state index < -0.39 is 12.1 Å². The fourth-order valence-electron chi connectivity index (χ4n) is 6.19. The molecule has 0 amide bonds. The highest BCUT2D eigenvalue weighted by molar-refractivity contribution is 5.71. The molecule has 0 spiro atoms. The summed E-state index contributed by atoms with van der Waals surface area (Å²) in [5.41, 5.74) is 0. The monoisotopic (exact) mass is 795 g/mol. The second-order valence-corrected chi connectivity index (χ2v) is 15.3. The van der Waals surface area contributed by atoms with Crippen molar-refractivity contribution < 1.29 is 28.6 Å². The minimum absolute atomic E-state index is 0.108. The quantitative estimate of drug-likeness (QED) is 0.0265. The first-order valence-electron chi connectivity index (χ1n) is 23.4. The second-order valence-electron chi connectivity index (χ2n) is 15.3. The van der Waals surface area contributed by atoms with Gasteiger partial charge in [0, 0.05) is 19.3 Å². The van der Waals surface area contributed by atoms with Crippen molar-refractivity contribution in [2.45, 2.75) is 219 Å². The summed E-state index contributed by atoms with van der Waals surface area (Å²) < 4.78 is 16.6. The maximum atomic E-state index is 12.7. The van der Waals surface area contributed by atoms with Crippen LogP contribution in [0.2, 0.25) is 0 Å². The lowest BCUT2D eigenvalue weighted by molar-refractivity contribution is -0.166. The third-order valence-electron chi connectivity index (χ3n) is 9.71. The van der Waals surface area contributed by atoms with Crippen molar-refractivity contribution in [3.8, 4) is 0 Å². The molecule has 326 valence electrons. The molecule has 0 radical (unpaired) electrons. The van der Waals surface area contributed by atoms with Crippen molar-refractivity contribution in [1.29, 1.82) is 0 Å². The average Bonchev–Trinajstić information content (AvgIpc) is 3.21. The SMILES string of the molecule is CC/C=C\C/C=C\C/C=C\C/C=C\CCC(=O)OC(COC(=O)CCCCCCC/C=C\C/C=C\CCCCC)COC(=O)CCCCCCCCCCCCC. The van der Waals surface area contributed by atoms with Gasteiger partial charge in [0.15, 0.2) is 6.10 Å². The van der Waals surface area contributed by atoms with E-state index in [0.29, 0.717) is 19.3 Å². The molecular weight excluding hydrogens is 709 g/mol. The summed E-state index contributed by atoms with van der Waals surface area (Å²) in [5.74, 6) is -1.01. The van der Waals surface area contributed by atoms with Crippen LogP contribution in [0, 0.1) is 0 Å². The largest absolute Gasteiger partial charge is 0.462 e. The summed E-state index contributed by atoms with van der Waals surface area (Å²) in [6, 6.07) is 0. The molecule has 0 fully saturated rings. The van der Waals surface area contributed by atoms with E-state index >= 15 is 0 Å². The number of rotatable bonds is 41. The molecule has 57 heavy (non-hydrogen) atoms. The lowest BCUT2D eigenvalue weighted by atomic mass is 10.1. The van der Waals surface area contributed by atoms with E-state index in [1.807, 2.05) is 12.2 Å². The molecular formula is C51H86O6. The topological polar surface area (TPSA) is 78.9 Å². The molecule has 1 unspecified atom stereocenters. The van der Waals surface area contributed by atoms with Gasteiger partial charge in [-0.1, -0.05) is 190 Å². The Balaban J connectivity index is 4.49. The molecule has 0 N–H and O–H groups in total. The zero-order valence-electron chi connectivity index (χ0n) is 37.1. The highest BCUT2D eigenvalue weighted by Crippen LogP contribution is 2.13. The fraction of sp³-hybridized carbons (Fsp3) is 0.706. The van der Waals surface area contributed by atoms with Crippen LogP contribution in [-0.2, 0) is 28.6 Å². The van der Waals surface area contributed by atoms with Gasteiger partial charge in [0.1, 0.15) is 13.2 Å². The molecule has 0 aliphatic rings. The summed E-state index contributed by atoms with van der Waals surface area (Å²) in [6.45, 7) is 6.40. The Hall–Kier alpha value is -3.15. The van der Waals surface area contributed by atoms with E-state index in [1.54, 1.807) is 0 Å². The zero-order valence-corrected chi connectivity index (χ0v) is 37.1. The van der Waals surface area contributed by atoms with Crippen molar-refractivity contribution in [2.75, 3.05) is 13.2 Å². The van der Waals surface area contributed by atoms with Crippen molar-refractivity contribution in [3.63, 3.8) is 0 Å². The smallest absolute Gasteiger partial charge is 0.306 e. The highest BCUT2D eigenvalue weighted by atomic mass is 16.6. The zero-order chi connectivity index (χ0) is 41.5. The lowest BCUT2D eigenvalue weighted by Gasteiger charge is -2.18. The van der Waals surface area contributed by atoms with E-state index in [1.165, 1.54) is 77.0 Å². The number of esters is 3. The third kappa shape index (κ3) is 43.8. The molecule has 0 aromatic heterocycles. The summed E-state index contributed by atoms with van der Waals surface area (Å²) in [4.78, 5) is 37.7. The Bertz CT molecular complexity index is 1100. The minimum Gasteiger partial charge on any atom is -0.462 e. The van der Waals surface area contributed by atoms with Crippen LogP contribution in [0.5, 0.6) is 0 Å². The summed E-state index contributed by atoms with van der Waals surface area (Å²) in [6.07, 6.45) is 56.1. The number of unbranched alkanes of at least 4 members (excludes halogenated alkanes) is 18. The molecule has 0 aliphatic carbocycles. The Labute approximate surface area is 351 Å². The Morgan fingerprint density at radius 3 is 1.18 bits per heavy atom. The van der Waals surface area contributed by atoms with E-state index in [-0.39, 0.29) is 31.6 Å². The average molecular weight is 795 g/mol. The Kier molecular flexibility index (Phi) is 43.0. The van der Waals surface area contributed by atoms with Gasteiger partial charge in [-0.2, -0.15) is 0 Å². The predicted molar refractivity (Wildman–Crippen MR) is 242 cm³/mol. The van der Waals surface area contributed by atoms with Crippen LogP contribution in [0.1, 0.15) is 213 Å². The van der Waals surface area contributed by atoms with Crippen molar-refractivity contribution >= 4 is 17.9 Å². The second kappa shape index (κ2) is 45.6. The third-order valence-corrected chi connectivity index (χ3v) is 9.71. The van der Waals surface area contributed by atoms with Gasteiger partial charge in [0.25, 0.3) is 0 Å². The molecule has 0 heterocycles.